The van der Waals surface area contributed by atoms with Crippen molar-refractivity contribution in [3.8, 4) is 0 Å². The van der Waals surface area contributed by atoms with E-state index >= 15 is 0 Å². The number of urea groups is 1. The Morgan fingerprint density at radius 3 is 2.45 bits per heavy atom. The third kappa shape index (κ3) is 4.96. The molecule has 1 aromatic carbocycles. The highest BCUT2D eigenvalue weighted by molar-refractivity contribution is 5.81. The number of nitrogens with zero attached hydrogens (tertiary/aromatic N) is 4. The second-order valence-electron chi connectivity index (χ2n) is 8.00. The topological polar surface area (TPSA) is 70.5 Å². The number of piperidine rings is 1. The molecule has 0 radical (unpaired) electrons. The van der Waals surface area contributed by atoms with Crippen molar-refractivity contribution in [3.05, 3.63) is 53.9 Å². The van der Waals surface area contributed by atoms with Crippen LogP contribution in [-0.4, -0.2) is 57.7 Å². The van der Waals surface area contributed by atoms with Gasteiger partial charge in [0, 0.05) is 45.1 Å². The molecule has 0 unspecified atom stereocenters. The number of rotatable bonds is 5. The minimum absolute atomic E-state index is 0.0471. The lowest BCUT2D eigenvalue weighted by atomic mass is 9.97. The van der Waals surface area contributed by atoms with E-state index in [0.29, 0.717) is 13.1 Å². The lowest BCUT2D eigenvalue weighted by Crippen LogP contribution is -2.49. The summed E-state index contributed by atoms with van der Waals surface area (Å²) in [6.45, 7) is 4.22. The molecular weight excluding hydrogens is 366 g/mol. The van der Waals surface area contributed by atoms with Gasteiger partial charge in [0.1, 0.15) is 0 Å². The normalized spacial score (nSPS) is 19.4. The maximum absolute atomic E-state index is 12.7. The smallest absolute Gasteiger partial charge is 0.317 e. The number of carbonyl (C=O) groups excluding carboxylic acids is 2. The Labute approximate surface area is 171 Å². The summed E-state index contributed by atoms with van der Waals surface area (Å²) in [5.74, 6) is 0.182. The zero-order chi connectivity index (χ0) is 20.1. The molecule has 3 heterocycles. The second kappa shape index (κ2) is 9.11. The van der Waals surface area contributed by atoms with Gasteiger partial charge >= 0.3 is 6.03 Å². The number of amides is 3. The van der Waals surface area contributed by atoms with Crippen LogP contribution in [-0.2, 0) is 17.9 Å². The van der Waals surface area contributed by atoms with Gasteiger partial charge in [0.05, 0.1) is 12.5 Å². The monoisotopic (exact) mass is 395 g/mol. The summed E-state index contributed by atoms with van der Waals surface area (Å²) in [7, 11) is 0. The second-order valence-corrected chi connectivity index (χ2v) is 8.00. The average Bonchev–Trinajstić information content (AvgIpc) is 3.47. The fraction of sp³-hybridized carbons (Fsp3) is 0.500. The first-order valence-electron chi connectivity index (χ1n) is 10.6. The van der Waals surface area contributed by atoms with Crippen LogP contribution in [0.2, 0.25) is 0 Å². The standard InChI is InChI=1S/C22H29N5O2/c28-21(25-11-1-2-12-25)20-5-3-13-26(17-20)22(29)23-15-18-6-8-19(9-7-18)16-27-14-4-10-24-27/h4,6-10,14,20H,1-3,5,11-13,15-17H2,(H,23,29)/t20-/m0/s1. The van der Waals surface area contributed by atoms with Crippen LogP contribution < -0.4 is 5.32 Å². The molecule has 7 nitrogen and oxygen atoms in total. The lowest BCUT2D eigenvalue weighted by Gasteiger charge is -2.34. The molecule has 29 heavy (non-hydrogen) atoms. The molecule has 1 aromatic heterocycles. The van der Waals surface area contributed by atoms with E-state index < -0.39 is 0 Å². The average molecular weight is 396 g/mol. The lowest BCUT2D eigenvalue weighted by molar-refractivity contribution is -0.135. The largest absolute Gasteiger partial charge is 0.342 e. The first-order chi connectivity index (χ1) is 14.2. The molecule has 3 amide bonds. The van der Waals surface area contributed by atoms with Crippen molar-refractivity contribution in [1.29, 1.82) is 0 Å². The van der Waals surface area contributed by atoms with Crippen molar-refractivity contribution in [3.63, 3.8) is 0 Å². The molecule has 2 aromatic rings. The van der Waals surface area contributed by atoms with Crippen molar-refractivity contribution in [1.82, 2.24) is 24.9 Å². The molecule has 4 rings (SSSR count). The van der Waals surface area contributed by atoms with E-state index in [4.69, 9.17) is 0 Å². The zero-order valence-electron chi connectivity index (χ0n) is 16.8. The van der Waals surface area contributed by atoms with E-state index in [1.54, 1.807) is 11.1 Å². The fourth-order valence-corrected chi connectivity index (χ4v) is 4.19. The Bertz CT molecular complexity index is 812. The first-order valence-corrected chi connectivity index (χ1v) is 10.6. The van der Waals surface area contributed by atoms with Crippen LogP contribution >= 0.6 is 0 Å². The minimum Gasteiger partial charge on any atom is -0.342 e. The van der Waals surface area contributed by atoms with Crippen molar-refractivity contribution in [2.24, 2.45) is 5.92 Å². The van der Waals surface area contributed by atoms with Crippen LogP contribution in [0.1, 0.15) is 36.8 Å². The number of aromatic nitrogens is 2. The van der Waals surface area contributed by atoms with Gasteiger partial charge < -0.3 is 15.1 Å². The highest BCUT2D eigenvalue weighted by Crippen LogP contribution is 2.21. The molecule has 1 atom stereocenters. The van der Waals surface area contributed by atoms with Gasteiger partial charge in [-0.1, -0.05) is 24.3 Å². The van der Waals surface area contributed by atoms with E-state index in [0.717, 1.165) is 57.4 Å². The van der Waals surface area contributed by atoms with Gasteiger partial charge in [0.25, 0.3) is 0 Å². The summed E-state index contributed by atoms with van der Waals surface area (Å²) >= 11 is 0. The van der Waals surface area contributed by atoms with Gasteiger partial charge in [-0.3, -0.25) is 9.48 Å². The minimum atomic E-state index is -0.0791. The maximum Gasteiger partial charge on any atom is 0.317 e. The molecule has 7 heteroatoms. The Kier molecular flexibility index (Phi) is 6.12. The molecule has 0 aliphatic carbocycles. The van der Waals surface area contributed by atoms with E-state index in [1.165, 1.54) is 5.56 Å². The van der Waals surface area contributed by atoms with Gasteiger partial charge in [-0.25, -0.2) is 4.79 Å². The van der Waals surface area contributed by atoms with Gasteiger partial charge in [-0.2, -0.15) is 5.10 Å². The molecule has 2 saturated heterocycles. The number of nitrogens with one attached hydrogen (secondary N) is 1. The predicted molar refractivity (Wildman–Crippen MR) is 110 cm³/mol. The van der Waals surface area contributed by atoms with Gasteiger partial charge in [0.15, 0.2) is 0 Å². The van der Waals surface area contributed by atoms with Crippen LogP contribution in [0.15, 0.2) is 42.7 Å². The number of likely N-dealkylation sites (tertiary alicyclic amines) is 2. The summed E-state index contributed by atoms with van der Waals surface area (Å²) in [5.41, 5.74) is 2.23. The Hall–Kier alpha value is -2.83. The Balaban J connectivity index is 1.26. The Morgan fingerprint density at radius 2 is 1.72 bits per heavy atom. The maximum atomic E-state index is 12.7. The molecule has 1 N–H and O–H groups in total. The highest BCUT2D eigenvalue weighted by atomic mass is 16.2. The predicted octanol–water partition coefficient (Wildman–Crippen LogP) is 2.48. The van der Waals surface area contributed by atoms with Crippen LogP contribution in [0, 0.1) is 5.92 Å². The molecule has 0 spiro atoms. The molecule has 2 fully saturated rings. The fourth-order valence-electron chi connectivity index (χ4n) is 4.19. The third-order valence-corrected chi connectivity index (χ3v) is 5.85. The number of hydrogen-bond acceptors (Lipinski definition) is 3. The number of hydrogen-bond donors (Lipinski definition) is 1. The van der Waals surface area contributed by atoms with Crippen LogP contribution in [0.3, 0.4) is 0 Å². The summed E-state index contributed by atoms with van der Waals surface area (Å²) < 4.78 is 1.88. The molecular formula is C22H29N5O2. The first kappa shape index (κ1) is 19.5. The summed E-state index contributed by atoms with van der Waals surface area (Å²) in [5, 5.41) is 7.22. The SMILES string of the molecule is O=C(NCc1ccc(Cn2cccn2)cc1)N1CCC[C@H](C(=O)N2CCCC2)C1. The number of benzene rings is 1. The van der Waals surface area contributed by atoms with E-state index in [2.05, 4.69) is 22.5 Å². The van der Waals surface area contributed by atoms with E-state index in [9.17, 15) is 9.59 Å². The van der Waals surface area contributed by atoms with E-state index in [-0.39, 0.29) is 17.9 Å². The molecule has 2 aliphatic rings. The van der Waals surface area contributed by atoms with Crippen LogP contribution in [0.5, 0.6) is 0 Å². The number of carbonyl (C=O) groups is 2. The van der Waals surface area contributed by atoms with Crippen molar-refractivity contribution >= 4 is 11.9 Å². The van der Waals surface area contributed by atoms with Crippen molar-refractivity contribution in [2.75, 3.05) is 26.2 Å². The molecule has 154 valence electrons. The third-order valence-electron chi connectivity index (χ3n) is 5.85. The summed E-state index contributed by atoms with van der Waals surface area (Å²) in [4.78, 5) is 29.0. The quantitative estimate of drug-likeness (QED) is 0.846. The van der Waals surface area contributed by atoms with Crippen LogP contribution in [0.4, 0.5) is 4.79 Å². The summed E-state index contributed by atoms with van der Waals surface area (Å²) in [6.07, 6.45) is 7.69. The van der Waals surface area contributed by atoms with Crippen LogP contribution in [0.25, 0.3) is 0 Å². The molecule has 0 saturated carbocycles. The van der Waals surface area contributed by atoms with E-state index in [1.807, 2.05) is 34.0 Å². The van der Waals surface area contributed by atoms with Gasteiger partial charge in [0.2, 0.25) is 5.91 Å². The van der Waals surface area contributed by atoms with Crippen molar-refractivity contribution < 1.29 is 9.59 Å². The zero-order valence-corrected chi connectivity index (χ0v) is 16.8. The Morgan fingerprint density at radius 1 is 1.00 bits per heavy atom. The van der Waals surface area contributed by atoms with Crippen molar-refractivity contribution in [2.45, 2.75) is 38.8 Å². The van der Waals surface area contributed by atoms with Gasteiger partial charge in [-0.05, 0) is 42.9 Å². The van der Waals surface area contributed by atoms with Gasteiger partial charge in [-0.15, -0.1) is 0 Å². The summed E-state index contributed by atoms with van der Waals surface area (Å²) in [6, 6.07) is 10.0. The molecule has 0 bridgehead atoms. The highest BCUT2D eigenvalue weighted by Gasteiger charge is 2.32. The molecule has 2 aliphatic heterocycles.